The summed E-state index contributed by atoms with van der Waals surface area (Å²) in [5.74, 6) is -1.03. The SMILES string of the molecule is COc1cc(O[C@@H]2O[C@H](CO[C@@H]3O[C@H](CO)[C@@H](O)[C@H](O)[C@H]3O)[C@@H](O)[C@H](O)[C@H]2O)cc(O)c1C(C)=O. The summed E-state index contributed by atoms with van der Waals surface area (Å²) < 4.78 is 26.7. The molecule has 1 aromatic rings. The Labute approximate surface area is 199 Å². The molecule has 2 aliphatic rings. The molecule has 35 heavy (non-hydrogen) atoms. The van der Waals surface area contributed by atoms with E-state index in [1.807, 2.05) is 0 Å². The second kappa shape index (κ2) is 11.3. The largest absolute Gasteiger partial charge is 0.507 e. The van der Waals surface area contributed by atoms with Crippen LogP contribution < -0.4 is 9.47 Å². The Kier molecular flexibility index (Phi) is 8.87. The molecule has 0 aliphatic carbocycles. The molecular formula is C21H30O14. The van der Waals surface area contributed by atoms with Gasteiger partial charge >= 0.3 is 0 Å². The number of carbonyl (C=O) groups is 1. The van der Waals surface area contributed by atoms with E-state index in [1.165, 1.54) is 20.1 Å². The second-order valence-corrected chi connectivity index (χ2v) is 8.24. The highest BCUT2D eigenvalue weighted by Crippen LogP contribution is 2.35. The minimum Gasteiger partial charge on any atom is -0.507 e. The molecule has 10 atom stereocenters. The lowest BCUT2D eigenvalue weighted by atomic mass is 9.98. The number of phenolic OH excluding ortho intramolecular Hbond substituents is 1. The Morgan fingerprint density at radius 2 is 1.46 bits per heavy atom. The van der Waals surface area contributed by atoms with Crippen molar-refractivity contribution in [2.75, 3.05) is 20.3 Å². The van der Waals surface area contributed by atoms with Gasteiger partial charge in [-0.05, 0) is 6.92 Å². The van der Waals surface area contributed by atoms with Crippen LogP contribution in [0.3, 0.4) is 0 Å². The van der Waals surface area contributed by atoms with Gasteiger partial charge in [-0.2, -0.15) is 0 Å². The number of Topliss-reactive ketones (excluding diaryl/α,β-unsaturated/α-hetero) is 1. The van der Waals surface area contributed by atoms with Gasteiger partial charge in [0.15, 0.2) is 12.1 Å². The number of carbonyl (C=O) groups excluding carboxylic acids is 1. The van der Waals surface area contributed by atoms with Crippen molar-refractivity contribution in [1.29, 1.82) is 0 Å². The Hall–Kier alpha value is -2.11. The predicted octanol–water partition coefficient (Wildman–Crippen LogP) is -3.39. The van der Waals surface area contributed by atoms with E-state index in [0.29, 0.717) is 0 Å². The number of phenols is 1. The molecule has 14 nitrogen and oxygen atoms in total. The molecule has 198 valence electrons. The lowest BCUT2D eigenvalue weighted by Gasteiger charge is -2.42. The van der Waals surface area contributed by atoms with Gasteiger partial charge in [-0.25, -0.2) is 0 Å². The summed E-state index contributed by atoms with van der Waals surface area (Å²) in [6, 6.07) is 2.33. The molecule has 0 radical (unpaired) electrons. The van der Waals surface area contributed by atoms with Crippen molar-refractivity contribution in [3.8, 4) is 17.2 Å². The van der Waals surface area contributed by atoms with Crippen molar-refractivity contribution in [1.82, 2.24) is 0 Å². The summed E-state index contributed by atoms with van der Waals surface area (Å²) in [6.45, 7) is 0.0160. The minimum absolute atomic E-state index is 0.0131. The zero-order valence-corrected chi connectivity index (χ0v) is 18.9. The Morgan fingerprint density at radius 1 is 0.886 bits per heavy atom. The molecule has 2 heterocycles. The fourth-order valence-electron chi connectivity index (χ4n) is 3.84. The number of methoxy groups -OCH3 is 1. The van der Waals surface area contributed by atoms with Gasteiger partial charge in [0.25, 0.3) is 0 Å². The summed E-state index contributed by atoms with van der Waals surface area (Å²) in [6.07, 6.45) is -15.8. The molecule has 8 N–H and O–H groups in total. The fourth-order valence-corrected chi connectivity index (χ4v) is 3.84. The summed E-state index contributed by atoms with van der Waals surface area (Å²) in [4.78, 5) is 11.7. The number of hydrogen-bond acceptors (Lipinski definition) is 14. The Morgan fingerprint density at radius 3 is 2.03 bits per heavy atom. The number of ether oxygens (including phenoxy) is 5. The van der Waals surface area contributed by atoms with E-state index in [-0.39, 0.29) is 17.1 Å². The third kappa shape index (κ3) is 5.67. The maximum absolute atomic E-state index is 11.7. The predicted molar refractivity (Wildman–Crippen MR) is 112 cm³/mol. The first-order valence-corrected chi connectivity index (χ1v) is 10.7. The normalized spacial score (nSPS) is 37.6. The Balaban J connectivity index is 1.72. The van der Waals surface area contributed by atoms with Gasteiger partial charge < -0.3 is 64.5 Å². The first-order valence-electron chi connectivity index (χ1n) is 10.7. The van der Waals surface area contributed by atoms with E-state index < -0.39 is 86.2 Å². The van der Waals surface area contributed by atoms with Crippen LogP contribution in [0.4, 0.5) is 0 Å². The van der Waals surface area contributed by atoms with Gasteiger partial charge in [0.1, 0.15) is 71.6 Å². The fraction of sp³-hybridized carbons (Fsp3) is 0.667. The number of aromatic hydroxyl groups is 1. The van der Waals surface area contributed by atoms with Gasteiger partial charge in [0.05, 0.1) is 20.3 Å². The monoisotopic (exact) mass is 506 g/mol. The van der Waals surface area contributed by atoms with Crippen LogP contribution in [0.2, 0.25) is 0 Å². The highest BCUT2D eigenvalue weighted by atomic mass is 16.7. The van der Waals surface area contributed by atoms with Crippen molar-refractivity contribution in [2.45, 2.75) is 68.3 Å². The topological polar surface area (TPSA) is 225 Å². The molecule has 3 rings (SSSR count). The van der Waals surface area contributed by atoms with Crippen molar-refractivity contribution < 1.29 is 69.3 Å². The summed E-state index contributed by atoms with van der Waals surface area (Å²) in [5.41, 5.74) is -0.0915. The molecule has 0 aromatic heterocycles. The smallest absolute Gasteiger partial charge is 0.229 e. The first-order chi connectivity index (χ1) is 16.5. The zero-order chi connectivity index (χ0) is 26.0. The van der Waals surface area contributed by atoms with Gasteiger partial charge in [-0.15, -0.1) is 0 Å². The van der Waals surface area contributed by atoms with Crippen molar-refractivity contribution in [3.05, 3.63) is 17.7 Å². The van der Waals surface area contributed by atoms with Crippen molar-refractivity contribution in [2.24, 2.45) is 0 Å². The molecule has 2 saturated heterocycles. The van der Waals surface area contributed by atoms with Crippen LogP contribution in [-0.4, -0.2) is 128 Å². The van der Waals surface area contributed by atoms with E-state index >= 15 is 0 Å². The molecule has 2 aliphatic heterocycles. The molecule has 0 amide bonds. The number of hydrogen-bond donors (Lipinski definition) is 8. The number of ketones is 1. The number of aliphatic hydroxyl groups is 7. The standard InChI is InChI=1S/C21H30O14/c1-7(23)13-9(24)3-8(4-10(13)31-2)33-21-19(30)17(28)15(26)12(35-21)6-32-20-18(29)16(27)14(25)11(5-22)34-20/h3-4,11-12,14-22,24-30H,5-6H2,1-2H3/t11-,12-,14-,15-,16+,17+,18-,19-,20-,21-/m1/s1. The lowest BCUT2D eigenvalue weighted by Crippen LogP contribution is -2.62. The molecule has 0 unspecified atom stereocenters. The van der Waals surface area contributed by atoms with Crippen LogP contribution in [0, 0.1) is 0 Å². The summed E-state index contributed by atoms with van der Waals surface area (Å²) in [5, 5.41) is 80.1. The van der Waals surface area contributed by atoms with Crippen LogP contribution in [0.1, 0.15) is 17.3 Å². The molecule has 0 bridgehead atoms. The van der Waals surface area contributed by atoms with Crippen LogP contribution in [0.25, 0.3) is 0 Å². The Bertz CT molecular complexity index is 878. The molecular weight excluding hydrogens is 476 g/mol. The third-order valence-electron chi connectivity index (χ3n) is 5.82. The molecule has 0 spiro atoms. The van der Waals surface area contributed by atoms with Crippen molar-refractivity contribution >= 4 is 5.78 Å². The maximum atomic E-state index is 11.7. The van der Waals surface area contributed by atoms with Gasteiger partial charge in [0, 0.05) is 12.1 Å². The number of aliphatic hydroxyl groups excluding tert-OH is 7. The van der Waals surface area contributed by atoms with Crippen LogP contribution >= 0.6 is 0 Å². The molecule has 14 heteroatoms. The van der Waals surface area contributed by atoms with Gasteiger partial charge in [-0.3, -0.25) is 4.79 Å². The van der Waals surface area contributed by atoms with E-state index in [9.17, 15) is 45.6 Å². The zero-order valence-electron chi connectivity index (χ0n) is 18.9. The second-order valence-electron chi connectivity index (χ2n) is 8.24. The number of rotatable bonds is 8. The highest BCUT2D eigenvalue weighted by Gasteiger charge is 2.48. The quantitative estimate of drug-likeness (QED) is 0.161. The number of benzene rings is 1. The highest BCUT2D eigenvalue weighted by molar-refractivity contribution is 5.99. The maximum Gasteiger partial charge on any atom is 0.229 e. The van der Waals surface area contributed by atoms with Gasteiger partial charge in [0.2, 0.25) is 6.29 Å². The van der Waals surface area contributed by atoms with Crippen LogP contribution in [0.15, 0.2) is 12.1 Å². The van der Waals surface area contributed by atoms with Gasteiger partial charge in [-0.1, -0.05) is 0 Å². The van der Waals surface area contributed by atoms with Crippen LogP contribution in [0.5, 0.6) is 17.2 Å². The van der Waals surface area contributed by atoms with E-state index in [1.54, 1.807) is 0 Å². The third-order valence-corrected chi connectivity index (χ3v) is 5.82. The van der Waals surface area contributed by atoms with E-state index in [2.05, 4.69) is 0 Å². The van der Waals surface area contributed by atoms with Crippen LogP contribution in [-0.2, 0) is 14.2 Å². The molecule has 1 aromatic carbocycles. The average Bonchev–Trinajstić information content (AvgIpc) is 2.82. The molecule has 0 saturated carbocycles. The summed E-state index contributed by atoms with van der Waals surface area (Å²) in [7, 11) is 1.27. The molecule has 2 fully saturated rings. The average molecular weight is 506 g/mol. The van der Waals surface area contributed by atoms with E-state index in [0.717, 1.165) is 6.07 Å². The minimum atomic E-state index is -1.76. The lowest BCUT2D eigenvalue weighted by molar-refractivity contribution is -0.323. The summed E-state index contributed by atoms with van der Waals surface area (Å²) >= 11 is 0. The van der Waals surface area contributed by atoms with Crippen molar-refractivity contribution in [3.63, 3.8) is 0 Å². The first kappa shape index (κ1) is 27.5. The van der Waals surface area contributed by atoms with E-state index in [4.69, 9.17) is 23.7 Å².